The molecule has 1 heterocycles. The highest BCUT2D eigenvalue weighted by molar-refractivity contribution is 7.99. The van der Waals surface area contributed by atoms with Gasteiger partial charge in [-0.2, -0.15) is 0 Å². The van der Waals surface area contributed by atoms with Crippen LogP contribution < -0.4 is 5.46 Å². The summed E-state index contributed by atoms with van der Waals surface area (Å²) in [4.78, 5) is 1.41. The summed E-state index contributed by atoms with van der Waals surface area (Å²) >= 11 is 1.31. The summed E-state index contributed by atoms with van der Waals surface area (Å²) in [6.07, 6.45) is 0. The molecular formula is C18H19BF2O2S. The Hall–Kier alpha value is -1.37. The van der Waals surface area contributed by atoms with Gasteiger partial charge in [-0.05, 0) is 52.0 Å². The van der Waals surface area contributed by atoms with Crippen molar-refractivity contribution in [3.63, 3.8) is 0 Å². The maximum absolute atomic E-state index is 14.6. The van der Waals surface area contributed by atoms with Crippen molar-refractivity contribution in [3.05, 3.63) is 54.1 Å². The predicted octanol–water partition coefficient (Wildman–Crippen LogP) is 4.42. The van der Waals surface area contributed by atoms with Crippen molar-refractivity contribution in [2.24, 2.45) is 0 Å². The van der Waals surface area contributed by atoms with Crippen LogP contribution in [-0.4, -0.2) is 18.3 Å². The molecule has 0 amide bonds. The molecule has 0 N–H and O–H groups in total. The number of hydrogen-bond donors (Lipinski definition) is 0. The molecule has 0 radical (unpaired) electrons. The second-order valence-electron chi connectivity index (χ2n) is 6.80. The molecule has 126 valence electrons. The second-order valence-corrected chi connectivity index (χ2v) is 7.95. The zero-order chi connectivity index (χ0) is 17.5. The Morgan fingerprint density at radius 2 is 1.33 bits per heavy atom. The number of hydrogen-bond acceptors (Lipinski definition) is 3. The van der Waals surface area contributed by atoms with E-state index in [1.165, 1.54) is 23.9 Å². The van der Waals surface area contributed by atoms with Gasteiger partial charge >= 0.3 is 7.12 Å². The van der Waals surface area contributed by atoms with Crippen LogP contribution in [0.1, 0.15) is 27.7 Å². The third-order valence-electron chi connectivity index (χ3n) is 4.52. The Balaban J connectivity index is 1.89. The molecule has 0 aromatic heterocycles. The molecule has 0 atom stereocenters. The van der Waals surface area contributed by atoms with Gasteiger partial charge < -0.3 is 9.31 Å². The van der Waals surface area contributed by atoms with Crippen LogP contribution in [0.25, 0.3) is 0 Å². The van der Waals surface area contributed by atoms with E-state index >= 15 is 0 Å². The largest absolute Gasteiger partial charge is 0.500 e. The predicted molar refractivity (Wildman–Crippen MR) is 92.6 cm³/mol. The molecule has 2 aromatic carbocycles. The van der Waals surface area contributed by atoms with Crippen molar-refractivity contribution >= 4 is 24.3 Å². The molecule has 0 bridgehead atoms. The van der Waals surface area contributed by atoms with Gasteiger partial charge in [0.2, 0.25) is 0 Å². The normalized spacial score (nSPS) is 18.8. The van der Waals surface area contributed by atoms with Crippen molar-refractivity contribution in [2.45, 2.75) is 48.7 Å². The minimum absolute atomic E-state index is 0.175. The summed E-state index contributed by atoms with van der Waals surface area (Å²) < 4.78 is 40.6. The van der Waals surface area contributed by atoms with Crippen molar-refractivity contribution in [3.8, 4) is 0 Å². The van der Waals surface area contributed by atoms with Gasteiger partial charge in [0.1, 0.15) is 11.6 Å². The fourth-order valence-corrected chi connectivity index (χ4v) is 3.32. The smallest absolute Gasteiger partial charge is 0.399 e. The number of rotatable bonds is 3. The lowest BCUT2D eigenvalue weighted by Gasteiger charge is -2.32. The Labute approximate surface area is 145 Å². The highest BCUT2D eigenvalue weighted by Gasteiger charge is 2.53. The maximum atomic E-state index is 14.6. The van der Waals surface area contributed by atoms with Crippen LogP contribution in [0.15, 0.2) is 52.3 Å². The fraction of sp³-hybridized carbons (Fsp3) is 0.333. The summed E-state index contributed by atoms with van der Waals surface area (Å²) in [5.41, 5.74) is -1.46. The third-order valence-corrected chi connectivity index (χ3v) is 5.50. The first-order chi connectivity index (χ1) is 11.2. The van der Waals surface area contributed by atoms with Gasteiger partial charge in [0.25, 0.3) is 0 Å². The lowest BCUT2D eigenvalue weighted by molar-refractivity contribution is 0.00578. The van der Waals surface area contributed by atoms with Crippen LogP contribution in [0, 0.1) is 11.6 Å². The van der Waals surface area contributed by atoms with E-state index in [2.05, 4.69) is 0 Å². The topological polar surface area (TPSA) is 18.5 Å². The zero-order valence-electron chi connectivity index (χ0n) is 14.1. The van der Waals surface area contributed by atoms with Gasteiger partial charge in [0.05, 0.1) is 16.7 Å². The first kappa shape index (κ1) is 17.5. The third kappa shape index (κ3) is 3.23. The minimum atomic E-state index is -1.05. The van der Waals surface area contributed by atoms with Gasteiger partial charge in [0, 0.05) is 9.79 Å². The van der Waals surface area contributed by atoms with Gasteiger partial charge in [-0.3, -0.25) is 0 Å². The molecule has 3 rings (SSSR count). The molecule has 6 heteroatoms. The molecule has 0 spiro atoms. The van der Waals surface area contributed by atoms with Crippen molar-refractivity contribution in [1.82, 2.24) is 0 Å². The lowest BCUT2D eigenvalue weighted by atomic mass is 9.78. The van der Waals surface area contributed by atoms with E-state index in [1.54, 1.807) is 0 Å². The maximum Gasteiger partial charge on any atom is 0.500 e. The summed E-state index contributed by atoms with van der Waals surface area (Å²) in [6.45, 7) is 7.40. The minimum Gasteiger partial charge on any atom is -0.399 e. The molecule has 2 nitrogen and oxygen atoms in total. The van der Waals surface area contributed by atoms with E-state index in [-0.39, 0.29) is 5.46 Å². The first-order valence-corrected chi connectivity index (χ1v) is 8.59. The van der Waals surface area contributed by atoms with E-state index in [0.29, 0.717) is 4.90 Å². The lowest BCUT2D eigenvalue weighted by Crippen LogP contribution is -2.41. The molecule has 24 heavy (non-hydrogen) atoms. The summed E-state index contributed by atoms with van der Waals surface area (Å²) in [5.74, 6) is -1.32. The van der Waals surface area contributed by atoms with Crippen LogP contribution in [0.3, 0.4) is 0 Å². The van der Waals surface area contributed by atoms with E-state index in [0.717, 1.165) is 4.90 Å². The van der Waals surface area contributed by atoms with E-state index in [1.807, 2.05) is 58.0 Å². The molecule has 0 saturated carbocycles. The van der Waals surface area contributed by atoms with Crippen molar-refractivity contribution < 1.29 is 18.1 Å². The Morgan fingerprint density at radius 3 is 1.83 bits per heavy atom. The quantitative estimate of drug-likeness (QED) is 0.766. The molecule has 2 aromatic rings. The number of benzene rings is 2. The van der Waals surface area contributed by atoms with Crippen molar-refractivity contribution in [1.29, 1.82) is 0 Å². The van der Waals surface area contributed by atoms with Crippen LogP contribution in [-0.2, 0) is 9.31 Å². The number of halogens is 2. The molecule has 1 aliphatic heterocycles. The molecular weight excluding hydrogens is 329 g/mol. The van der Waals surface area contributed by atoms with Gasteiger partial charge in [-0.1, -0.05) is 30.0 Å². The fourth-order valence-electron chi connectivity index (χ4n) is 2.43. The SMILES string of the molecule is CC1(C)OB(c2c(F)cc(Sc3ccccc3)cc2F)OC1(C)C. The molecule has 1 fully saturated rings. The zero-order valence-corrected chi connectivity index (χ0v) is 14.9. The summed E-state index contributed by atoms with van der Waals surface area (Å²) in [7, 11) is -1.05. The second kappa shape index (κ2) is 6.17. The summed E-state index contributed by atoms with van der Waals surface area (Å²) in [5, 5.41) is 0. The Kier molecular flexibility index (Phi) is 4.49. The van der Waals surface area contributed by atoms with E-state index < -0.39 is 30.0 Å². The standard InChI is InChI=1S/C18H19BF2O2S/c1-17(2)18(3,4)23-19(22-17)16-14(20)10-13(11-15(16)21)24-12-8-6-5-7-9-12/h5-11H,1-4H3. The van der Waals surface area contributed by atoms with Gasteiger partial charge in [0.15, 0.2) is 0 Å². The van der Waals surface area contributed by atoms with Crippen LogP contribution in [0.5, 0.6) is 0 Å². The van der Waals surface area contributed by atoms with E-state index in [9.17, 15) is 8.78 Å². The Bertz CT molecular complexity index is 711. The average Bonchev–Trinajstić information content (AvgIpc) is 2.67. The summed E-state index contributed by atoms with van der Waals surface area (Å²) in [6, 6.07) is 12.1. The average molecular weight is 348 g/mol. The van der Waals surface area contributed by atoms with Crippen LogP contribution >= 0.6 is 11.8 Å². The molecule has 1 saturated heterocycles. The van der Waals surface area contributed by atoms with Crippen LogP contribution in [0.4, 0.5) is 8.78 Å². The molecule has 0 aliphatic carbocycles. The first-order valence-electron chi connectivity index (χ1n) is 7.77. The highest BCUT2D eigenvalue weighted by atomic mass is 32.2. The van der Waals surface area contributed by atoms with Gasteiger partial charge in [-0.25, -0.2) is 8.78 Å². The monoisotopic (exact) mass is 348 g/mol. The Morgan fingerprint density at radius 1 is 0.833 bits per heavy atom. The highest BCUT2D eigenvalue weighted by Crippen LogP contribution is 2.37. The molecule has 0 unspecified atom stereocenters. The van der Waals surface area contributed by atoms with Crippen LogP contribution in [0.2, 0.25) is 0 Å². The van der Waals surface area contributed by atoms with Crippen molar-refractivity contribution in [2.75, 3.05) is 0 Å². The van der Waals surface area contributed by atoms with Gasteiger partial charge in [-0.15, -0.1) is 0 Å². The molecule has 1 aliphatic rings. The van der Waals surface area contributed by atoms with E-state index in [4.69, 9.17) is 9.31 Å².